The second-order valence-corrected chi connectivity index (χ2v) is 7.71. The first-order valence-corrected chi connectivity index (χ1v) is 8.96. The van der Waals surface area contributed by atoms with E-state index in [2.05, 4.69) is 10.2 Å². The Balaban J connectivity index is 1.58. The molecular weight excluding hydrogens is 338 g/mol. The molecule has 1 aromatic carbocycles. The van der Waals surface area contributed by atoms with Crippen molar-refractivity contribution in [3.63, 3.8) is 0 Å². The summed E-state index contributed by atoms with van der Waals surface area (Å²) in [5.41, 5.74) is 0.0865. The van der Waals surface area contributed by atoms with Crippen molar-refractivity contribution in [3.8, 4) is 11.5 Å². The zero-order chi connectivity index (χ0) is 17.1. The highest BCUT2D eigenvalue weighted by Gasteiger charge is 2.56. The van der Waals surface area contributed by atoms with Crippen LogP contribution >= 0.6 is 11.6 Å². The van der Waals surface area contributed by atoms with Crippen molar-refractivity contribution < 1.29 is 9.84 Å². The minimum absolute atomic E-state index is 0.0722. The van der Waals surface area contributed by atoms with Crippen LogP contribution in [0.25, 0.3) is 5.65 Å². The van der Waals surface area contributed by atoms with Crippen LogP contribution in [-0.4, -0.2) is 25.3 Å². The highest BCUT2D eigenvalue weighted by Crippen LogP contribution is 2.57. The van der Waals surface area contributed by atoms with Gasteiger partial charge in [-0.3, -0.25) is 4.40 Å². The number of hydrogen-bond donors (Lipinski definition) is 1. The highest BCUT2D eigenvalue weighted by molar-refractivity contribution is 6.32. The quantitative estimate of drug-likeness (QED) is 0.767. The van der Waals surface area contributed by atoms with Crippen molar-refractivity contribution in [1.29, 1.82) is 0 Å². The summed E-state index contributed by atoms with van der Waals surface area (Å²) in [6, 6.07) is 11.2. The number of rotatable bonds is 3. The molecule has 25 heavy (non-hydrogen) atoms. The van der Waals surface area contributed by atoms with Crippen molar-refractivity contribution >= 4 is 17.2 Å². The third kappa shape index (κ3) is 2.26. The van der Waals surface area contributed by atoms with E-state index >= 15 is 0 Å². The van der Waals surface area contributed by atoms with Gasteiger partial charge in [-0.25, -0.2) is 0 Å². The van der Waals surface area contributed by atoms with E-state index in [0.29, 0.717) is 22.2 Å². The van der Waals surface area contributed by atoms with Gasteiger partial charge in [-0.05, 0) is 56.4 Å². The van der Waals surface area contributed by atoms with Crippen molar-refractivity contribution in [2.45, 2.75) is 43.1 Å². The Kier molecular flexibility index (Phi) is 3.15. The fourth-order valence-corrected chi connectivity index (χ4v) is 4.63. The molecule has 0 atom stereocenters. The minimum Gasteiger partial charge on any atom is -0.452 e. The van der Waals surface area contributed by atoms with Gasteiger partial charge in [0.05, 0.1) is 10.6 Å². The molecule has 0 unspecified atom stereocenters. The van der Waals surface area contributed by atoms with Crippen LogP contribution in [0.5, 0.6) is 11.5 Å². The Labute approximate surface area is 150 Å². The monoisotopic (exact) mass is 355 g/mol. The molecule has 0 saturated heterocycles. The number of nitrogens with zero attached hydrogens (tertiary/aromatic N) is 3. The molecular formula is C19H18ClN3O2. The zero-order valence-electron chi connectivity index (χ0n) is 13.7. The molecule has 1 N–H and O–H groups in total. The van der Waals surface area contributed by atoms with E-state index in [0.717, 1.165) is 37.9 Å². The van der Waals surface area contributed by atoms with Crippen molar-refractivity contribution in [1.82, 2.24) is 14.6 Å². The lowest BCUT2D eigenvalue weighted by Gasteiger charge is -2.24. The zero-order valence-corrected chi connectivity index (χ0v) is 14.4. The lowest BCUT2D eigenvalue weighted by Crippen LogP contribution is -2.23. The fraction of sp³-hybridized carbons (Fsp3) is 0.368. The largest absolute Gasteiger partial charge is 0.452 e. The van der Waals surface area contributed by atoms with Gasteiger partial charge in [-0.2, -0.15) is 0 Å². The molecule has 0 amide bonds. The van der Waals surface area contributed by atoms with Crippen LogP contribution in [-0.2, 0) is 5.41 Å². The van der Waals surface area contributed by atoms with E-state index in [4.69, 9.17) is 16.3 Å². The number of halogens is 1. The number of fused-ring (bicyclic) bond motifs is 3. The van der Waals surface area contributed by atoms with Gasteiger partial charge in [-0.1, -0.05) is 23.7 Å². The molecule has 5 nitrogen and oxygen atoms in total. The average Bonchev–Trinajstić information content (AvgIpc) is 3.28. The summed E-state index contributed by atoms with van der Waals surface area (Å²) >= 11 is 6.20. The summed E-state index contributed by atoms with van der Waals surface area (Å²) in [6.07, 6.45) is 6.35. The number of aliphatic hydroxyl groups is 1. The molecule has 2 aromatic heterocycles. The third-order valence-electron chi connectivity index (χ3n) is 5.74. The standard InChI is InChI=1S/C19H18ClN3O2/c20-13-4-1-2-5-14(13)25-15-6-3-11-23-16(15)21-22-17(23)18-7-9-19(24,12-18)10-8-18/h1-6,11,24H,7-10,12H2/t18-,19+. The second-order valence-electron chi connectivity index (χ2n) is 7.30. The van der Waals surface area contributed by atoms with E-state index in [1.54, 1.807) is 6.07 Å². The average molecular weight is 356 g/mol. The maximum atomic E-state index is 10.6. The molecule has 2 aliphatic rings. The topological polar surface area (TPSA) is 59.7 Å². The SMILES string of the molecule is O[C@]12CC[C@](c3nnc4c(Oc5ccccc5Cl)cccn43)(CC1)C2. The molecule has 0 radical (unpaired) electrons. The Morgan fingerprint density at radius 2 is 1.76 bits per heavy atom. The van der Waals surface area contributed by atoms with Crippen LogP contribution in [0, 0.1) is 0 Å². The summed E-state index contributed by atoms with van der Waals surface area (Å²) in [6.45, 7) is 0. The Bertz CT molecular complexity index is 960. The lowest BCUT2D eigenvalue weighted by atomic mass is 9.83. The maximum absolute atomic E-state index is 10.6. The Hall–Kier alpha value is -2.11. The third-order valence-corrected chi connectivity index (χ3v) is 6.05. The summed E-state index contributed by atoms with van der Waals surface area (Å²) in [4.78, 5) is 0. The van der Waals surface area contributed by atoms with E-state index < -0.39 is 5.60 Å². The summed E-state index contributed by atoms with van der Waals surface area (Å²) in [5, 5.41) is 20.0. The molecule has 2 aliphatic carbocycles. The number of aromatic nitrogens is 3. The molecule has 3 aromatic rings. The summed E-state index contributed by atoms with van der Waals surface area (Å²) in [5.74, 6) is 2.15. The first-order valence-electron chi connectivity index (χ1n) is 8.58. The molecule has 2 fully saturated rings. The van der Waals surface area contributed by atoms with Gasteiger partial charge in [0, 0.05) is 11.6 Å². The van der Waals surface area contributed by atoms with E-state index in [1.807, 2.05) is 40.9 Å². The van der Waals surface area contributed by atoms with E-state index in [1.165, 1.54) is 0 Å². The highest BCUT2D eigenvalue weighted by atomic mass is 35.5. The van der Waals surface area contributed by atoms with E-state index in [-0.39, 0.29) is 5.41 Å². The molecule has 2 bridgehead atoms. The molecule has 128 valence electrons. The molecule has 0 aliphatic heterocycles. The molecule has 6 heteroatoms. The van der Waals surface area contributed by atoms with Crippen LogP contribution in [0.1, 0.15) is 37.9 Å². The predicted molar refractivity (Wildman–Crippen MR) is 94.2 cm³/mol. The van der Waals surface area contributed by atoms with Crippen LogP contribution in [0.4, 0.5) is 0 Å². The normalized spacial score (nSPS) is 27.9. The fourth-order valence-electron chi connectivity index (χ4n) is 4.46. The van der Waals surface area contributed by atoms with Gasteiger partial charge in [-0.15, -0.1) is 10.2 Å². The Morgan fingerprint density at radius 1 is 1.00 bits per heavy atom. The number of benzene rings is 1. The van der Waals surface area contributed by atoms with Gasteiger partial charge in [0.15, 0.2) is 5.75 Å². The second kappa shape index (κ2) is 5.19. The van der Waals surface area contributed by atoms with Crippen LogP contribution in [0.2, 0.25) is 5.02 Å². The minimum atomic E-state index is -0.516. The Morgan fingerprint density at radius 3 is 2.48 bits per heavy atom. The van der Waals surface area contributed by atoms with Gasteiger partial charge < -0.3 is 9.84 Å². The van der Waals surface area contributed by atoms with Crippen molar-refractivity contribution in [2.75, 3.05) is 0 Å². The predicted octanol–water partition coefficient (Wildman–Crippen LogP) is 4.12. The first-order chi connectivity index (χ1) is 12.1. The lowest BCUT2D eigenvalue weighted by molar-refractivity contribution is 0.0521. The van der Waals surface area contributed by atoms with Gasteiger partial charge in [0.2, 0.25) is 5.65 Å². The van der Waals surface area contributed by atoms with Crippen molar-refractivity contribution in [3.05, 3.63) is 53.4 Å². The van der Waals surface area contributed by atoms with Gasteiger partial charge >= 0.3 is 0 Å². The van der Waals surface area contributed by atoms with E-state index in [9.17, 15) is 5.11 Å². The number of para-hydroxylation sites is 1. The van der Waals surface area contributed by atoms with Crippen LogP contribution < -0.4 is 4.74 Å². The van der Waals surface area contributed by atoms with Gasteiger partial charge in [0.1, 0.15) is 11.6 Å². The number of hydrogen-bond acceptors (Lipinski definition) is 4. The summed E-state index contributed by atoms with van der Waals surface area (Å²) < 4.78 is 7.99. The molecule has 2 heterocycles. The van der Waals surface area contributed by atoms with Crippen LogP contribution in [0.15, 0.2) is 42.6 Å². The summed E-state index contributed by atoms with van der Waals surface area (Å²) in [7, 11) is 0. The van der Waals surface area contributed by atoms with Crippen LogP contribution in [0.3, 0.4) is 0 Å². The molecule has 5 rings (SSSR count). The molecule has 2 saturated carbocycles. The molecule has 0 spiro atoms. The number of pyridine rings is 1. The smallest absolute Gasteiger partial charge is 0.203 e. The van der Waals surface area contributed by atoms with Crippen molar-refractivity contribution in [2.24, 2.45) is 0 Å². The first kappa shape index (κ1) is 15.2. The van der Waals surface area contributed by atoms with Gasteiger partial charge in [0.25, 0.3) is 0 Å². The number of ether oxygens (including phenoxy) is 1. The maximum Gasteiger partial charge on any atom is 0.203 e.